The van der Waals surface area contributed by atoms with E-state index in [1.807, 2.05) is 30.3 Å². The van der Waals surface area contributed by atoms with E-state index in [1.54, 1.807) is 48.7 Å². The minimum absolute atomic E-state index is 0.0216. The number of carbonyl (C=O) groups is 2. The van der Waals surface area contributed by atoms with Crippen molar-refractivity contribution >= 4 is 29.4 Å². The van der Waals surface area contributed by atoms with Crippen LogP contribution in [-0.4, -0.2) is 33.7 Å². The lowest BCUT2D eigenvalue weighted by molar-refractivity contribution is -0.115. The summed E-state index contributed by atoms with van der Waals surface area (Å²) in [6, 6.07) is 21.9. The first-order valence-electron chi connectivity index (χ1n) is 11.3. The third-order valence-electron chi connectivity index (χ3n) is 5.13. The molecule has 0 saturated heterocycles. The summed E-state index contributed by atoms with van der Waals surface area (Å²) < 4.78 is 5.49. The molecule has 2 heterocycles. The van der Waals surface area contributed by atoms with Crippen molar-refractivity contribution in [2.24, 2.45) is 10.2 Å². The lowest BCUT2D eigenvalue weighted by atomic mass is 10.1. The Hall–Kier alpha value is -4.97. The van der Waals surface area contributed by atoms with Gasteiger partial charge in [-0.3, -0.25) is 15.2 Å². The second kappa shape index (κ2) is 11.9. The van der Waals surface area contributed by atoms with E-state index in [4.69, 9.17) is 11.2 Å². The zero-order chi connectivity index (χ0) is 25.2. The average Bonchev–Trinajstić information content (AvgIpc) is 2.92. The van der Waals surface area contributed by atoms with Crippen molar-refractivity contribution in [3.8, 4) is 12.3 Å². The Morgan fingerprint density at radius 1 is 0.972 bits per heavy atom. The van der Waals surface area contributed by atoms with Crippen molar-refractivity contribution < 1.29 is 14.3 Å². The van der Waals surface area contributed by atoms with Gasteiger partial charge in [0.1, 0.15) is 12.3 Å². The summed E-state index contributed by atoms with van der Waals surface area (Å²) in [5.74, 6) is 3.07. The van der Waals surface area contributed by atoms with Gasteiger partial charge in [0, 0.05) is 24.7 Å². The molecule has 36 heavy (non-hydrogen) atoms. The summed E-state index contributed by atoms with van der Waals surface area (Å²) in [4.78, 5) is 29.4. The van der Waals surface area contributed by atoms with E-state index in [-0.39, 0.29) is 18.9 Å². The molecule has 0 bridgehead atoms. The minimum atomic E-state index is -0.658. The third-order valence-corrected chi connectivity index (χ3v) is 5.13. The van der Waals surface area contributed by atoms with Crippen LogP contribution < -0.4 is 10.7 Å². The van der Waals surface area contributed by atoms with Crippen LogP contribution in [0.15, 0.2) is 89.2 Å². The van der Waals surface area contributed by atoms with Gasteiger partial charge in [-0.15, -0.1) is 22.5 Å². The number of benzene rings is 2. The molecule has 1 aromatic heterocycles. The van der Waals surface area contributed by atoms with Crippen molar-refractivity contribution in [2.45, 2.75) is 25.9 Å². The van der Waals surface area contributed by atoms with Crippen LogP contribution in [0.25, 0.3) is 0 Å². The van der Waals surface area contributed by atoms with Crippen molar-refractivity contribution in [3.05, 3.63) is 95.8 Å². The number of nitrogens with zero attached hydrogens (tertiary/aromatic N) is 4. The lowest BCUT2D eigenvalue weighted by Crippen LogP contribution is -2.52. The van der Waals surface area contributed by atoms with Gasteiger partial charge in [0.2, 0.25) is 5.91 Å². The Kier molecular flexibility index (Phi) is 8.02. The molecule has 2 amide bonds. The molecule has 4 rings (SSSR count). The fourth-order valence-electron chi connectivity index (χ4n) is 3.33. The lowest BCUT2D eigenvalue weighted by Gasteiger charge is -2.26. The van der Waals surface area contributed by atoms with E-state index < -0.39 is 6.09 Å². The average molecular weight is 481 g/mol. The molecule has 0 saturated carbocycles. The van der Waals surface area contributed by atoms with Gasteiger partial charge in [0.05, 0.1) is 6.42 Å². The van der Waals surface area contributed by atoms with E-state index >= 15 is 0 Å². The smallest absolute Gasteiger partial charge is 0.435 e. The number of terminal acetylenes is 1. The maximum atomic E-state index is 12.9. The van der Waals surface area contributed by atoms with Crippen LogP contribution in [0.4, 0.5) is 10.5 Å². The molecule has 0 atom stereocenters. The molecule has 1 aliphatic heterocycles. The Balaban J connectivity index is 1.34. The number of amidine groups is 2. The molecule has 3 aromatic rings. The molecule has 0 spiro atoms. The number of rotatable bonds is 8. The predicted molar refractivity (Wildman–Crippen MR) is 137 cm³/mol. The van der Waals surface area contributed by atoms with Crippen molar-refractivity contribution in [1.82, 2.24) is 15.4 Å². The van der Waals surface area contributed by atoms with Crippen LogP contribution in [0.2, 0.25) is 0 Å². The van der Waals surface area contributed by atoms with Gasteiger partial charge in [0.15, 0.2) is 11.7 Å². The molecule has 2 aromatic carbocycles. The normalized spacial score (nSPS) is 12.5. The Bertz CT molecular complexity index is 1300. The zero-order valence-corrected chi connectivity index (χ0v) is 19.4. The van der Waals surface area contributed by atoms with Gasteiger partial charge in [-0.25, -0.2) is 4.79 Å². The molecule has 0 radical (unpaired) electrons. The molecule has 9 heteroatoms. The number of aromatic nitrogens is 1. The standard InChI is InChI=1S/C27H24N6O3/c1-2-3-12-24-30-31-26(23-11-7-8-17-28-23)32-33(24)27(35)36-19-21-13-15-22(16-14-21)29-25(34)18-20-9-5-4-6-10-20/h1,4-11,13-17H,3,12,18-19H2,(H,29,34)(H,31,32). The third kappa shape index (κ3) is 6.55. The van der Waals surface area contributed by atoms with Gasteiger partial charge < -0.3 is 10.1 Å². The summed E-state index contributed by atoms with van der Waals surface area (Å²) in [7, 11) is 0. The Morgan fingerprint density at radius 2 is 1.75 bits per heavy atom. The Morgan fingerprint density at radius 3 is 2.47 bits per heavy atom. The van der Waals surface area contributed by atoms with Gasteiger partial charge in [-0.2, -0.15) is 5.01 Å². The zero-order valence-electron chi connectivity index (χ0n) is 19.4. The largest absolute Gasteiger partial charge is 0.443 e. The second-order valence-corrected chi connectivity index (χ2v) is 7.79. The molecule has 1 aliphatic rings. The van der Waals surface area contributed by atoms with Gasteiger partial charge >= 0.3 is 6.09 Å². The number of hydrazine groups is 1. The second-order valence-electron chi connectivity index (χ2n) is 7.79. The minimum Gasteiger partial charge on any atom is -0.443 e. The number of amides is 2. The highest BCUT2D eigenvalue weighted by molar-refractivity contribution is 6.05. The monoisotopic (exact) mass is 480 g/mol. The van der Waals surface area contributed by atoms with Crippen LogP contribution in [0.5, 0.6) is 0 Å². The molecule has 0 aliphatic carbocycles. The first kappa shape index (κ1) is 24.2. The summed E-state index contributed by atoms with van der Waals surface area (Å²) in [6.45, 7) is 0.0216. The predicted octanol–water partition coefficient (Wildman–Crippen LogP) is 3.89. The molecule has 180 valence electrons. The molecule has 2 N–H and O–H groups in total. The van der Waals surface area contributed by atoms with E-state index in [0.29, 0.717) is 35.9 Å². The summed E-state index contributed by atoms with van der Waals surface area (Å²) >= 11 is 0. The van der Waals surface area contributed by atoms with Crippen molar-refractivity contribution in [3.63, 3.8) is 0 Å². The summed E-state index contributed by atoms with van der Waals surface area (Å²) in [6.07, 6.45) is 7.34. The number of ether oxygens (including phenoxy) is 1. The molecule has 0 unspecified atom stereocenters. The molecule has 9 nitrogen and oxygen atoms in total. The SMILES string of the molecule is C#CCCC1=NN=C(c2ccccn2)NN1C(=O)OCc1ccc(NC(=O)Cc2ccccc2)cc1. The van der Waals surface area contributed by atoms with Crippen LogP contribution in [0.3, 0.4) is 0 Å². The fourth-order valence-corrected chi connectivity index (χ4v) is 3.33. The first-order chi connectivity index (χ1) is 17.6. The number of anilines is 1. The van der Waals surface area contributed by atoms with Gasteiger partial charge in [0.25, 0.3) is 0 Å². The number of pyridine rings is 1. The van der Waals surface area contributed by atoms with E-state index in [2.05, 4.69) is 31.8 Å². The van der Waals surface area contributed by atoms with Gasteiger partial charge in [-0.05, 0) is 35.4 Å². The highest BCUT2D eigenvalue weighted by Gasteiger charge is 2.26. The highest BCUT2D eigenvalue weighted by atomic mass is 16.6. The van der Waals surface area contributed by atoms with Crippen molar-refractivity contribution in [2.75, 3.05) is 5.32 Å². The van der Waals surface area contributed by atoms with Crippen LogP contribution >= 0.6 is 0 Å². The first-order valence-corrected chi connectivity index (χ1v) is 11.3. The van der Waals surface area contributed by atoms with E-state index in [1.165, 1.54) is 5.01 Å². The molecular formula is C27H24N6O3. The quantitative estimate of drug-likeness (QED) is 0.476. The maximum Gasteiger partial charge on any atom is 0.435 e. The number of hydrogen-bond donors (Lipinski definition) is 2. The Labute approximate surface area is 208 Å². The highest BCUT2D eigenvalue weighted by Crippen LogP contribution is 2.13. The van der Waals surface area contributed by atoms with Crippen LogP contribution in [0, 0.1) is 12.3 Å². The summed E-state index contributed by atoms with van der Waals surface area (Å²) in [5.41, 5.74) is 5.79. The van der Waals surface area contributed by atoms with E-state index in [0.717, 1.165) is 11.1 Å². The van der Waals surface area contributed by atoms with Crippen LogP contribution in [0.1, 0.15) is 29.7 Å². The topological polar surface area (TPSA) is 108 Å². The van der Waals surface area contributed by atoms with Crippen molar-refractivity contribution in [1.29, 1.82) is 0 Å². The van der Waals surface area contributed by atoms with Gasteiger partial charge in [-0.1, -0.05) is 48.5 Å². The van der Waals surface area contributed by atoms with E-state index in [9.17, 15) is 9.59 Å². The molecular weight excluding hydrogens is 456 g/mol. The number of hydrogen-bond acceptors (Lipinski definition) is 7. The fraction of sp³-hybridized carbons (Fsp3) is 0.148. The van der Waals surface area contributed by atoms with Crippen LogP contribution in [-0.2, 0) is 22.6 Å². The molecule has 0 fully saturated rings. The number of nitrogens with one attached hydrogen (secondary N) is 2. The maximum absolute atomic E-state index is 12.9. The number of carbonyl (C=O) groups excluding carboxylic acids is 2. The summed E-state index contributed by atoms with van der Waals surface area (Å²) in [5, 5.41) is 12.3.